The molecule has 0 aliphatic carbocycles. The number of hydrogen-bond donors (Lipinski definition) is 0. The monoisotopic (exact) mass is 441 g/mol. The largest absolute Gasteiger partial charge is 0.372 e. The van der Waals surface area contributed by atoms with Crippen molar-refractivity contribution in [3.8, 4) is 11.4 Å². The average molecular weight is 442 g/mol. The van der Waals surface area contributed by atoms with E-state index >= 15 is 0 Å². The fraction of sp³-hybridized carbons (Fsp3) is 0.300. The molecule has 0 amide bonds. The van der Waals surface area contributed by atoms with Crippen molar-refractivity contribution in [2.24, 2.45) is 7.05 Å². The molecular formula is C20H20BrN5O2. The van der Waals surface area contributed by atoms with Crippen LogP contribution in [0.1, 0.15) is 18.1 Å². The second-order valence-corrected chi connectivity index (χ2v) is 7.56. The van der Waals surface area contributed by atoms with Gasteiger partial charge < -0.3 is 9.64 Å². The lowest BCUT2D eigenvalue weighted by molar-refractivity contribution is 0.0685. The molecule has 0 bridgehead atoms. The minimum atomic E-state index is -0.121. The molecule has 1 saturated heterocycles. The first-order valence-corrected chi connectivity index (χ1v) is 9.87. The summed E-state index contributed by atoms with van der Waals surface area (Å²) in [6.07, 6.45) is 3.87. The zero-order chi connectivity index (χ0) is 19.5. The maximum atomic E-state index is 12.6. The van der Waals surface area contributed by atoms with Crippen LogP contribution in [0.3, 0.4) is 0 Å². The fourth-order valence-electron chi connectivity index (χ4n) is 3.27. The quantitative estimate of drug-likeness (QED) is 0.621. The van der Waals surface area contributed by atoms with Crippen LogP contribution in [0.4, 0.5) is 5.95 Å². The van der Waals surface area contributed by atoms with Crippen LogP contribution in [-0.2, 0) is 11.8 Å². The molecule has 1 fully saturated rings. The third-order valence-corrected chi connectivity index (χ3v) is 5.29. The Balaban J connectivity index is 1.69. The van der Waals surface area contributed by atoms with Crippen LogP contribution in [0, 0.1) is 0 Å². The molecule has 7 nitrogen and oxygen atoms in total. The molecule has 1 aliphatic heterocycles. The summed E-state index contributed by atoms with van der Waals surface area (Å²) < 4.78 is 8.68. The van der Waals surface area contributed by atoms with Gasteiger partial charge in [0.15, 0.2) is 0 Å². The Morgan fingerprint density at radius 1 is 1.18 bits per heavy atom. The Labute approximate surface area is 171 Å². The molecule has 144 valence electrons. The van der Waals surface area contributed by atoms with Crippen molar-refractivity contribution in [3.05, 3.63) is 69.3 Å². The van der Waals surface area contributed by atoms with E-state index < -0.39 is 0 Å². The second-order valence-electron chi connectivity index (χ2n) is 6.64. The van der Waals surface area contributed by atoms with Gasteiger partial charge in [-0.05, 0) is 30.2 Å². The van der Waals surface area contributed by atoms with E-state index in [1.54, 1.807) is 23.9 Å². The third-order valence-electron chi connectivity index (χ3n) is 4.76. The van der Waals surface area contributed by atoms with E-state index in [-0.39, 0.29) is 11.7 Å². The molecule has 1 atom stereocenters. The van der Waals surface area contributed by atoms with E-state index in [4.69, 9.17) is 9.72 Å². The van der Waals surface area contributed by atoms with Gasteiger partial charge in [0, 0.05) is 36.9 Å². The van der Waals surface area contributed by atoms with Crippen LogP contribution in [0.2, 0.25) is 0 Å². The van der Waals surface area contributed by atoms with E-state index in [0.717, 1.165) is 23.0 Å². The Morgan fingerprint density at radius 2 is 2.00 bits per heavy atom. The molecule has 0 saturated carbocycles. The minimum Gasteiger partial charge on any atom is -0.372 e. The highest BCUT2D eigenvalue weighted by Crippen LogP contribution is 2.26. The third kappa shape index (κ3) is 3.98. The topological polar surface area (TPSA) is 73.1 Å². The molecule has 0 spiro atoms. The van der Waals surface area contributed by atoms with Crippen LogP contribution in [0.15, 0.2) is 58.2 Å². The smallest absolute Gasteiger partial charge is 0.255 e. The van der Waals surface area contributed by atoms with Gasteiger partial charge in [-0.2, -0.15) is 0 Å². The van der Waals surface area contributed by atoms with Gasteiger partial charge in [-0.25, -0.2) is 15.0 Å². The molecule has 1 aromatic carbocycles. The van der Waals surface area contributed by atoms with Crippen LogP contribution >= 0.6 is 15.9 Å². The van der Waals surface area contributed by atoms with E-state index in [1.807, 2.05) is 12.1 Å². The predicted molar refractivity (Wildman–Crippen MR) is 110 cm³/mol. The number of aromatic nitrogens is 4. The van der Waals surface area contributed by atoms with Gasteiger partial charge >= 0.3 is 0 Å². The van der Waals surface area contributed by atoms with E-state index in [1.165, 1.54) is 12.4 Å². The molecule has 8 heteroatoms. The van der Waals surface area contributed by atoms with Gasteiger partial charge in [-0.1, -0.05) is 28.1 Å². The number of anilines is 1. The van der Waals surface area contributed by atoms with Crippen molar-refractivity contribution in [2.75, 3.05) is 24.6 Å². The van der Waals surface area contributed by atoms with E-state index in [0.29, 0.717) is 30.5 Å². The summed E-state index contributed by atoms with van der Waals surface area (Å²) in [6.45, 7) is 2.05. The highest BCUT2D eigenvalue weighted by Gasteiger charge is 2.23. The first-order valence-electron chi connectivity index (χ1n) is 9.08. The molecule has 0 radical (unpaired) electrons. The van der Waals surface area contributed by atoms with Crippen molar-refractivity contribution in [1.29, 1.82) is 0 Å². The molecule has 2 aromatic heterocycles. The summed E-state index contributed by atoms with van der Waals surface area (Å²) in [7, 11) is 1.74. The molecule has 1 aliphatic rings. The zero-order valence-corrected chi connectivity index (χ0v) is 17.0. The van der Waals surface area contributed by atoms with E-state index in [2.05, 4.69) is 42.9 Å². The first-order chi connectivity index (χ1) is 13.6. The number of benzene rings is 1. The SMILES string of the molecule is Cn1c(N2CCCO[C@H](c3ccc(Br)cc3)C2)nc(-c2ccncn2)cc1=O. The first kappa shape index (κ1) is 18.8. The van der Waals surface area contributed by atoms with Crippen molar-refractivity contribution in [3.63, 3.8) is 0 Å². The second kappa shape index (κ2) is 8.20. The fourth-order valence-corrected chi connectivity index (χ4v) is 3.53. The van der Waals surface area contributed by atoms with Gasteiger partial charge in [0.1, 0.15) is 12.4 Å². The zero-order valence-electron chi connectivity index (χ0n) is 15.5. The number of hydrogen-bond acceptors (Lipinski definition) is 6. The number of rotatable bonds is 3. The van der Waals surface area contributed by atoms with Crippen LogP contribution in [-0.4, -0.2) is 39.2 Å². The predicted octanol–water partition coefficient (Wildman–Crippen LogP) is 2.97. The summed E-state index contributed by atoms with van der Waals surface area (Å²) in [5.41, 5.74) is 2.16. The minimum absolute atomic E-state index is 0.0878. The lowest BCUT2D eigenvalue weighted by Crippen LogP contribution is -2.34. The van der Waals surface area contributed by atoms with Crippen molar-refractivity contribution < 1.29 is 4.74 Å². The highest BCUT2D eigenvalue weighted by atomic mass is 79.9. The number of nitrogens with zero attached hydrogens (tertiary/aromatic N) is 5. The molecule has 4 rings (SSSR count). The summed E-state index contributed by atoms with van der Waals surface area (Å²) >= 11 is 3.47. The summed E-state index contributed by atoms with van der Waals surface area (Å²) in [5, 5.41) is 0. The Morgan fingerprint density at radius 3 is 2.75 bits per heavy atom. The van der Waals surface area contributed by atoms with Crippen LogP contribution in [0.25, 0.3) is 11.4 Å². The molecule has 0 unspecified atom stereocenters. The lowest BCUT2D eigenvalue weighted by Gasteiger charge is -2.26. The van der Waals surface area contributed by atoms with E-state index in [9.17, 15) is 4.79 Å². The normalized spacial score (nSPS) is 17.4. The van der Waals surface area contributed by atoms with Crippen molar-refractivity contribution in [1.82, 2.24) is 19.5 Å². The molecule has 0 N–H and O–H groups in total. The van der Waals surface area contributed by atoms with Gasteiger partial charge in [-0.3, -0.25) is 9.36 Å². The van der Waals surface area contributed by atoms with Gasteiger partial charge in [0.05, 0.1) is 17.9 Å². The Hall–Kier alpha value is -2.58. The van der Waals surface area contributed by atoms with Gasteiger partial charge in [-0.15, -0.1) is 0 Å². The number of ether oxygens (including phenoxy) is 1. The van der Waals surface area contributed by atoms with Gasteiger partial charge in [0.25, 0.3) is 5.56 Å². The molecule has 28 heavy (non-hydrogen) atoms. The lowest BCUT2D eigenvalue weighted by atomic mass is 10.1. The van der Waals surface area contributed by atoms with Gasteiger partial charge in [0.2, 0.25) is 5.95 Å². The summed E-state index contributed by atoms with van der Waals surface area (Å²) in [4.78, 5) is 27.6. The maximum absolute atomic E-state index is 12.6. The van der Waals surface area contributed by atoms with Crippen molar-refractivity contribution >= 4 is 21.9 Å². The van der Waals surface area contributed by atoms with Crippen molar-refractivity contribution in [2.45, 2.75) is 12.5 Å². The Bertz CT molecular complexity index is 1010. The number of halogens is 1. The summed E-state index contributed by atoms with van der Waals surface area (Å²) in [5.74, 6) is 0.619. The molecular weight excluding hydrogens is 422 g/mol. The maximum Gasteiger partial charge on any atom is 0.255 e. The highest BCUT2D eigenvalue weighted by molar-refractivity contribution is 9.10. The van der Waals surface area contributed by atoms with Crippen LogP contribution < -0.4 is 10.5 Å². The standard InChI is InChI=1S/C20H20BrN5O2/c1-25-19(27)11-17(16-7-8-22-13-23-16)24-20(25)26-9-2-10-28-18(12-26)14-3-5-15(21)6-4-14/h3-8,11,13,18H,2,9-10,12H2,1H3/t18-/m0/s1. The molecule has 3 aromatic rings. The van der Waals surface area contributed by atoms with Crippen LogP contribution in [0.5, 0.6) is 0 Å². The molecule has 3 heterocycles. The summed E-state index contributed by atoms with van der Waals surface area (Å²) in [6, 6.07) is 11.4. The average Bonchev–Trinajstić information content (AvgIpc) is 2.97. The Kier molecular flexibility index (Phi) is 5.50.